The zero-order valence-corrected chi connectivity index (χ0v) is 11.6. The number of piperidine rings is 1. The van der Waals surface area contributed by atoms with Gasteiger partial charge in [0.2, 0.25) is 0 Å². The summed E-state index contributed by atoms with van der Waals surface area (Å²) in [6.45, 7) is 4.06. The van der Waals surface area contributed by atoms with Crippen LogP contribution in [-0.2, 0) is 5.60 Å². The molecule has 0 radical (unpaired) electrons. The molecular formula is C13H21N3OS. The molecule has 2 rings (SSSR count). The van der Waals surface area contributed by atoms with Crippen LogP contribution >= 0.6 is 11.3 Å². The molecule has 1 atom stereocenters. The predicted molar refractivity (Wildman–Crippen MR) is 75.8 cm³/mol. The van der Waals surface area contributed by atoms with Gasteiger partial charge >= 0.3 is 0 Å². The highest BCUT2D eigenvalue weighted by molar-refractivity contribution is 7.10. The van der Waals surface area contributed by atoms with Gasteiger partial charge in [0.05, 0.1) is 6.54 Å². The summed E-state index contributed by atoms with van der Waals surface area (Å²) in [4.78, 5) is 7.39. The summed E-state index contributed by atoms with van der Waals surface area (Å²) in [7, 11) is 0. The predicted octanol–water partition coefficient (Wildman–Crippen LogP) is 1.76. The monoisotopic (exact) mass is 267 g/mol. The standard InChI is InChI=1S/C13H21N3OS/c1-13(17,11-6-5-9-18-11)10-15-12(14)16-7-3-2-4-8-16/h5-6,9,17H,2-4,7-8,10H2,1H3,(H2,14,15). The maximum Gasteiger partial charge on any atom is 0.191 e. The van der Waals surface area contributed by atoms with Crippen LogP contribution in [0.5, 0.6) is 0 Å². The van der Waals surface area contributed by atoms with E-state index >= 15 is 0 Å². The van der Waals surface area contributed by atoms with Crippen LogP contribution < -0.4 is 5.73 Å². The minimum absolute atomic E-state index is 0.315. The minimum Gasteiger partial charge on any atom is -0.383 e. The van der Waals surface area contributed by atoms with E-state index in [0.717, 1.165) is 18.0 Å². The highest BCUT2D eigenvalue weighted by Gasteiger charge is 2.24. The molecule has 3 N–H and O–H groups in total. The quantitative estimate of drug-likeness (QED) is 0.648. The Hall–Kier alpha value is -1.07. The Morgan fingerprint density at radius 3 is 2.83 bits per heavy atom. The Labute approximate surface area is 112 Å². The van der Waals surface area contributed by atoms with Gasteiger partial charge < -0.3 is 15.7 Å². The molecule has 1 saturated heterocycles. The maximum absolute atomic E-state index is 10.4. The lowest BCUT2D eigenvalue weighted by atomic mass is 10.1. The van der Waals surface area contributed by atoms with Gasteiger partial charge in [0.25, 0.3) is 0 Å². The lowest BCUT2D eigenvalue weighted by Crippen LogP contribution is -2.41. The maximum atomic E-state index is 10.4. The van der Waals surface area contributed by atoms with E-state index in [1.165, 1.54) is 19.3 Å². The molecule has 1 aliphatic heterocycles. The van der Waals surface area contributed by atoms with Crippen molar-refractivity contribution in [1.29, 1.82) is 0 Å². The number of nitrogens with zero attached hydrogens (tertiary/aromatic N) is 2. The average molecular weight is 267 g/mol. The highest BCUT2D eigenvalue weighted by atomic mass is 32.1. The molecule has 2 heterocycles. The first kappa shape index (κ1) is 13.4. The van der Waals surface area contributed by atoms with Crippen molar-refractivity contribution >= 4 is 17.3 Å². The van der Waals surface area contributed by atoms with Crippen molar-refractivity contribution in [3.05, 3.63) is 22.4 Å². The van der Waals surface area contributed by atoms with Crippen molar-refractivity contribution in [2.45, 2.75) is 31.8 Å². The van der Waals surface area contributed by atoms with E-state index in [2.05, 4.69) is 9.89 Å². The van der Waals surface area contributed by atoms with Crippen molar-refractivity contribution in [3.8, 4) is 0 Å². The Morgan fingerprint density at radius 1 is 1.50 bits per heavy atom. The third kappa shape index (κ3) is 3.23. The first-order valence-corrected chi connectivity index (χ1v) is 7.29. The van der Waals surface area contributed by atoms with Gasteiger partial charge in [-0.25, -0.2) is 4.99 Å². The third-order valence-electron chi connectivity index (χ3n) is 3.28. The molecule has 1 unspecified atom stereocenters. The molecule has 0 aromatic carbocycles. The van der Waals surface area contributed by atoms with Crippen LogP contribution in [0.2, 0.25) is 0 Å². The van der Waals surface area contributed by atoms with Crippen LogP contribution in [0.4, 0.5) is 0 Å². The van der Waals surface area contributed by atoms with Crippen molar-refractivity contribution in [1.82, 2.24) is 4.90 Å². The normalized spacial score (nSPS) is 20.8. The Balaban J connectivity index is 1.96. The summed E-state index contributed by atoms with van der Waals surface area (Å²) in [5.41, 5.74) is 5.06. The van der Waals surface area contributed by atoms with Gasteiger partial charge in [0, 0.05) is 18.0 Å². The fourth-order valence-corrected chi connectivity index (χ4v) is 2.90. The smallest absolute Gasteiger partial charge is 0.191 e. The van der Waals surface area contributed by atoms with Gasteiger partial charge in [0.1, 0.15) is 5.60 Å². The van der Waals surface area contributed by atoms with Crippen LogP contribution in [0.25, 0.3) is 0 Å². The molecule has 0 aliphatic carbocycles. The number of nitrogens with two attached hydrogens (primary N) is 1. The van der Waals surface area contributed by atoms with Gasteiger partial charge in [-0.1, -0.05) is 6.07 Å². The summed E-state index contributed by atoms with van der Waals surface area (Å²) < 4.78 is 0. The van der Waals surface area contributed by atoms with Gasteiger partial charge in [-0.05, 0) is 37.6 Å². The largest absolute Gasteiger partial charge is 0.383 e. The SMILES string of the molecule is CC(O)(CN=C(N)N1CCCCC1)c1cccs1. The molecule has 0 bridgehead atoms. The lowest BCUT2D eigenvalue weighted by Gasteiger charge is -2.28. The molecule has 18 heavy (non-hydrogen) atoms. The van der Waals surface area contributed by atoms with E-state index in [1.807, 2.05) is 17.5 Å². The molecule has 1 aliphatic rings. The van der Waals surface area contributed by atoms with Gasteiger partial charge in [0.15, 0.2) is 5.96 Å². The Bertz CT molecular complexity index is 394. The summed E-state index contributed by atoms with van der Waals surface area (Å²) >= 11 is 1.54. The topological polar surface area (TPSA) is 61.9 Å². The number of guanidine groups is 1. The molecular weight excluding hydrogens is 246 g/mol. The highest BCUT2D eigenvalue weighted by Crippen LogP contribution is 2.25. The number of aliphatic imine (C=N–C) groups is 1. The molecule has 0 amide bonds. The summed E-state index contributed by atoms with van der Waals surface area (Å²) in [5.74, 6) is 0.562. The van der Waals surface area contributed by atoms with E-state index in [9.17, 15) is 5.11 Å². The first-order valence-electron chi connectivity index (χ1n) is 6.41. The van der Waals surface area contributed by atoms with Crippen LogP contribution in [0.3, 0.4) is 0 Å². The zero-order chi connectivity index (χ0) is 13.0. The summed E-state index contributed by atoms with van der Waals surface area (Å²) in [6.07, 6.45) is 3.63. The number of hydrogen-bond donors (Lipinski definition) is 2. The molecule has 0 spiro atoms. The van der Waals surface area contributed by atoms with Gasteiger partial charge in [-0.2, -0.15) is 0 Å². The third-order valence-corrected chi connectivity index (χ3v) is 4.40. The number of hydrogen-bond acceptors (Lipinski definition) is 3. The molecule has 0 saturated carbocycles. The van der Waals surface area contributed by atoms with Crippen LogP contribution in [0, 0.1) is 0 Å². The first-order chi connectivity index (χ1) is 8.59. The van der Waals surface area contributed by atoms with Gasteiger partial charge in [-0.3, -0.25) is 0 Å². The Kier molecular flexibility index (Phi) is 4.24. The second-order valence-corrected chi connectivity index (χ2v) is 5.92. The van der Waals surface area contributed by atoms with Crippen molar-refractivity contribution in [3.63, 3.8) is 0 Å². The van der Waals surface area contributed by atoms with Crippen molar-refractivity contribution in [2.24, 2.45) is 10.7 Å². The van der Waals surface area contributed by atoms with E-state index < -0.39 is 5.60 Å². The second kappa shape index (κ2) is 5.71. The molecule has 5 heteroatoms. The van der Waals surface area contributed by atoms with E-state index in [1.54, 1.807) is 18.3 Å². The van der Waals surface area contributed by atoms with Crippen LogP contribution in [-0.4, -0.2) is 35.6 Å². The molecule has 100 valence electrons. The Morgan fingerprint density at radius 2 is 2.22 bits per heavy atom. The molecule has 1 fully saturated rings. The second-order valence-electron chi connectivity index (χ2n) is 4.97. The number of rotatable bonds is 3. The lowest BCUT2D eigenvalue weighted by molar-refractivity contribution is 0.0709. The summed E-state index contributed by atoms with van der Waals surface area (Å²) in [6, 6.07) is 3.86. The van der Waals surface area contributed by atoms with E-state index in [-0.39, 0.29) is 0 Å². The van der Waals surface area contributed by atoms with E-state index in [4.69, 9.17) is 5.73 Å². The number of likely N-dealkylation sites (tertiary alicyclic amines) is 1. The fraction of sp³-hybridized carbons (Fsp3) is 0.615. The molecule has 1 aromatic heterocycles. The molecule has 4 nitrogen and oxygen atoms in total. The zero-order valence-electron chi connectivity index (χ0n) is 10.8. The number of aliphatic hydroxyl groups is 1. The minimum atomic E-state index is -0.922. The van der Waals surface area contributed by atoms with Gasteiger partial charge in [-0.15, -0.1) is 11.3 Å². The summed E-state index contributed by atoms with van der Waals surface area (Å²) in [5, 5.41) is 12.3. The molecule has 1 aromatic rings. The van der Waals surface area contributed by atoms with E-state index in [0.29, 0.717) is 12.5 Å². The number of thiophene rings is 1. The van der Waals surface area contributed by atoms with Crippen LogP contribution in [0.15, 0.2) is 22.5 Å². The average Bonchev–Trinajstić information content (AvgIpc) is 2.92. The van der Waals surface area contributed by atoms with Crippen molar-refractivity contribution < 1.29 is 5.11 Å². The van der Waals surface area contributed by atoms with Crippen molar-refractivity contribution in [2.75, 3.05) is 19.6 Å². The fourth-order valence-electron chi connectivity index (χ4n) is 2.12. The van der Waals surface area contributed by atoms with Crippen LogP contribution in [0.1, 0.15) is 31.1 Å².